The van der Waals surface area contributed by atoms with Crippen molar-refractivity contribution in [1.82, 2.24) is 10.1 Å². The van der Waals surface area contributed by atoms with Crippen LogP contribution in [0.5, 0.6) is 0 Å². The molecule has 4 nitrogen and oxygen atoms in total. The molecule has 100 valence electrons. The van der Waals surface area contributed by atoms with Crippen molar-refractivity contribution in [1.29, 1.82) is 0 Å². The van der Waals surface area contributed by atoms with Gasteiger partial charge in [-0.05, 0) is 24.8 Å². The molecule has 3 rings (SSSR count). The summed E-state index contributed by atoms with van der Waals surface area (Å²) in [6, 6.07) is 8.26. The van der Waals surface area contributed by atoms with Crippen LogP contribution in [0.4, 0.5) is 0 Å². The largest absolute Gasteiger partial charge is 0.337 e. The highest BCUT2D eigenvalue weighted by Gasteiger charge is 2.36. The first-order valence-corrected chi connectivity index (χ1v) is 6.94. The molecule has 0 bridgehead atoms. The summed E-state index contributed by atoms with van der Waals surface area (Å²) in [5.74, 6) is 1.22. The van der Waals surface area contributed by atoms with Crippen LogP contribution in [0.25, 0.3) is 11.4 Å². The molecule has 2 N–H and O–H groups in total. The highest BCUT2D eigenvalue weighted by molar-refractivity contribution is 5.54. The second kappa shape index (κ2) is 4.78. The SMILES string of the molecule is CCc1ccc(-c2noc(C3(N)CCCC3)n2)cc1. The summed E-state index contributed by atoms with van der Waals surface area (Å²) in [5.41, 5.74) is 8.20. The number of rotatable bonds is 3. The Morgan fingerprint density at radius 2 is 1.89 bits per heavy atom. The Labute approximate surface area is 113 Å². The Hall–Kier alpha value is -1.68. The number of hydrogen-bond acceptors (Lipinski definition) is 4. The second-order valence-corrected chi connectivity index (χ2v) is 5.34. The van der Waals surface area contributed by atoms with Gasteiger partial charge in [0.1, 0.15) is 0 Å². The lowest BCUT2D eigenvalue weighted by Crippen LogP contribution is -2.33. The highest BCUT2D eigenvalue weighted by atomic mass is 16.5. The molecule has 1 fully saturated rings. The van der Waals surface area contributed by atoms with E-state index in [0.717, 1.165) is 37.7 Å². The number of nitrogens with two attached hydrogens (primary N) is 1. The lowest BCUT2D eigenvalue weighted by molar-refractivity contribution is 0.285. The number of hydrogen-bond donors (Lipinski definition) is 1. The summed E-state index contributed by atoms with van der Waals surface area (Å²) in [7, 11) is 0. The van der Waals surface area contributed by atoms with Gasteiger partial charge >= 0.3 is 0 Å². The van der Waals surface area contributed by atoms with Crippen molar-refractivity contribution in [2.75, 3.05) is 0 Å². The minimum absolute atomic E-state index is 0.408. The summed E-state index contributed by atoms with van der Waals surface area (Å²) in [6.07, 6.45) is 5.18. The van der Waals surface area contributed by atoms with E-state index in [2.05, 4.69) is 29.2 Å². The van der Waals surface area contributed by atoms with E-state index in [1.807, 2.05) is 12.1 Å². The molecule has 19 heavy (non-hydrogen) atoms. The summed E-state index contributed by atoms with van der Waals surface area (Å²) in [5, 5.41) is 4.07. The number of nitrogens with zero attached hydrogens (tertiary/aromatic N) is 2. The maximum atomic E-state index is 6.32. The molecule has 0 amide bonds. The van der Waals surface area contributed by atoms with Crippen LogP contribution in [0.2, 0.25) is 0 Å². The maximum Gasteiger partial charge on any atom is 0.247 e. The van der Waals surface area contributed by atoms with Gasteiger partial charge in [-0.3, -0.25) is 0 Å². The van der Waals surface area contributed by atoms with E-state index in [9.17, 15) is 0 Å². The van der Waals surface area contributed by atoms with E-state index in [1.54, 1.807) is 0 Å². The predicted octanol–water partition coefficient (Wildman–Crippen LogP) is 3.03. The van der Waals surface area contributed by atoms with Crippen molar-refractivity contribution in [3.63, 3.8) is 0 Å². The van der Waals surface area contributed by atoms with Crippen LogP contribution < -0.4 is 5.73 Å². The van der Waals surface area contributed by atoms with Crippen LogP contribution in [0.3, 0.4) is 0 Å². The van der Waals surface area contributed by atoms with Gasteiger partial charge in [-0.2, -0.15) is 4.98 Å². The monoisotopic (exact) mass is 257 g/mol. The van der Waals surface area contributed by atoms with Crippen molar-refractivity contribution in [2.24, 2.45) is 5.73 Å². The molecule has 0 unspecified atom stereocenters. The smallest absolute Gasteiger partial charge is 0.247 e. The van der Waals surface area contributed by atoms with E-state index in [0.29, 0.717) is 11.7 Å². The molecule has 2 aromatic rings. The zero-order valence-corrected chi connectivity index (χ0v) is 11.2. The highest BCUT2D eigenvalue weighted by Crippen LogP contribution is 2.35. The molecule has 0 atom stereocenters. The van der Waals surface area contributed by atoms with E-state index >= 15 is 0 Å². The van der Waals surface area contributed by atoms with Crippen LogP contribution in [-0.4, -0.2) is 10.1 Å². The van der Waals surface area contributed by atoms with Gasteiger partial charge in [-0.15, -0.1) is 0 Å². The lowest BCUT2D eigenvalue weighted by atomic mass is 9.99. The molecule has 1 heterocycles. The molecule has 1 aliphatic rings. The van der Waals surface area contributed by atoms with Gasteiger partial charge in [-0.1, -0.05) is 49.2 Å². The van der Waals surface area contributed by atoms with Gasteiger partial charge in [0.05, 0.1) is 5.54 Å². The fraction of sp³-hybridized carbons (Fsp3) is 0.467. The number of benzene rings is 1. The van der Waals surface area contributed by atoms with E-state index in [4.69, 9.17) is 10.3 Å². The van der Waals surface area contributed by atoms with Crippen LogP contribution in [0.15, 0.2) is 28.8 Å². The first kappa shape index (κ1) is 12.4. The topological polar surface area (TPSA) is 64.9 Å². The third kappa shape index (κ3) is 2.28. The second-order valence-electron chi connectivity index (χ2n) is 5.34. The normalized spacial score (nSPS) is 17.8. The summed E-state index contributed by atoms with van der Waals surface area (Å²) < 4.78 is 5.38. The summed E-state index contributed by atoms with van der Waals surface area (Å²) in [4.78, 5) is 4.49. The lowest BCUT2D eigenvalue weighted by Gasteiger charge is -2.17. The Kier molecular flexibility index (Phi) is 3.11. The number of aromatic nitrogens is 2. The van der Waals surface area contributed by atoms with E-state index in [-0.39, 0.29) is 0 Å². The fourth-order valence-corrected chi connectivity index (χ4v) is 2.65. The molecule has 1 aromatic carbocycles. The Bertz CT molecular complexity index is 553. The van der Waals surface area contributed by atoms with E-state index < -0.39 is 5.54 Å². The van der Waals surface area contributed by atoms with E-state index in [1.165, 1.54) is 5.56 Å². The van der Waals surface area contributed by atoms with Crippen LogP contribution in [0.1, 0.15) is 44.1 Å². The van der Waals surface area contributed by atoms with Gasteiger partial charge in [0.15, 0.2) is 0 Å². The molecule has 0 radical (unpaired) electrons. The molecule has 1 aromatic heterocycles. The predicted molar refractivity (Wildman–Crippen MR) is 73.4 cm³/mol. The molecule has 1 saturated carbocycles. The Morgan fingerprint density at radius 1 is 1.21 bits per heavy atom. The minimum Gasteiger partial charge on any atom is -0.337 e. The number of aryl methyl sites for hydroxylation is 1. The first-order chi connectivity index (χ1) is 9.21. The molecule has 0 saturated heterocycles. The van der Waals surface area contributed by atoms with Crippen LogP contribution in [-0.2, 0) is 12.0 Å². The first-order valence-electron chi connectivity index (χ1n) is 6.94. The third-order valence-electron chi connectivity index (χ3n) is 3.97. The molecule has 1 aliphatic carbocycles. The zero-order chi connectivity index (χ0) is 13.3. The van der Waals surface area contributed by atoms with Crippen molar-refractivity contribution in [3.8, 4) is 11.4 Å². The summed E-state index contributed by atoms with van der Waals surface area (Å²) in [6.45, 7) is 2.14. The van der Waals surface area contributed by atoms with Crippen LogP contribution >= 0.6 is 0 Å². The molecule has 0 aliphatic heterocycles. The van der Waals surface area contributed by atoms with Gasteiger partial charge in [-0.25, -0.2) is 0 Å². The Morgan fingerprint density at radius 3 is 2.53 bits per heavy atom. The Balaban J connectivity index is 1.87. The molecular weight excluding hydrogens is 238 g/mol. The minimum atomic E-state index is -0.408. The third-order valence-corrected chi connectivity index (χ3v) is 3.97. The van der Waals surface area contributed by atoms with Gasteiger partial charge < -0.3 is 10.3 Å². The average molecular weight is 257 g/mol. The van der Waals surface area contributed by atoms with Crippen LogP contribution in [0, 0.1) is 0 Å². The van der Waals surface area contributed by atoms with Gasteiger partial charge in [0.2, 0.25) is 11.7 Å². The van der Waals surface area contributed by atoms with Crippen molar-refractivity contribution >= 4 is 0 Å². The summed E-state index contributed by atoms with van der Waals surface area (Å²) >= 11 is 0. The van der Waals surface area contributed by atoms with Gasteiger partial charge in [0.25, 0.3) is 0 Å². The molecular formula is C15H19N3O. The fourth-order valence-electron chi connectivity index (χ4n) is 2.65. The zero-order valence-electron chi connectivity index (χ0n) is 11.2. The standard InChI is InChI=1S/C15H19N3O/c1-2-11-5-7-12(8-6-11)13-17-14(19-18-13)15(16)9-3-4-10-15/h5-8H,2-4,9-10,16H2,1H3. The van der Waals surface area contributed by atoms with Crippen molar-refractivity contribution in [2.45, 2.75) is 44.6 Å². The average Bonchev–Trinajstić information content (AvgIpc) is 3.08. The van der Waals surface area contributed by atoms with Crippen molar-refractivity contribution < 1.29 is 4.52 Å². The molecule has 4 heteroatoms. The van der Waals surface area contributed by atoms with Crippen molar-refractivity contribution in [3.05, 3.63) is 35.7 Å². The maximum absolute atomic E-state index is 6.32. The molecule has 0 spiro atoms. The quantitative estimate of drug-likeness (QED) is 0.917. The van der Waals surface area contributed by atoms with Gasteiger partial charge in [0, 0.05) is 5.56 Å².